The molecule has 2 atom stereocenters. The topological polar surface area (TPSA) is 69.7 Å². The van der Waals surface area contributed by atoms with Crippen LogP contribution >= 0.6 is 0 Å². The lowest BCUT2D eigenvalue weighted by molar-refractivity contribution is -0.135. The molecule has 4 aliphatic rings. The Morgan fingerprint density at radius 3 is 2.41 bits per heavy atom. The number of carbonyl (C=O) groups excluding carboxylic acids is 1. The Morgan fingerprint density at radius 2 is 1.70 bits per heavy atom. The summed E-state index contributed by atoms with van der Waals surface area (Å²) in [6.07, 6.45) is 6.67. The predicted octanol–water partition coefficient (Wildman–Crippen LogP) is 4.74. The molecule has 2 aromatic rings. The molecular formula is C29H30FN3O3S. The minimum Gasteiger partial charge on any atom is -0.342 e. The Hall–Kier alpha value is -3.39. The van der Waals surface area contributed by atoms with Crippen molar-refractivity contribution in [3.8, 4) is 0 Å². The van der Waals surface area contributed by atoms with Gasteiger partial charge in [0.15, 0.2) is 9.84 Å². The van der Waals surface area contributed by atoms with Gasteiger partial charge in [-0.15, -0.1) is 0 Å². The Kier molecular flexibility index (Phi) is 5.94. The summed E-state index contributed by atoms with van der Waals surface area (Å²) in [6, 6.07) is 15.0. The van der Waals surface area contributed by atoms with E-state index in [4.69, 9.17) is 0 Å². The van der Waals surface area contributed by atoms with Crippen LogP contribution in [-0.2, 0) is 14.6 Å². The number of likely N-dealkylation sites (tertiary alicyclic amines) is 1. The number of anilines is 1. The average molecular weight is 520 g/mol. The van der Waals surface area contributed by atoms with Crippen LogP contribution in [0, 0.1) is 17.7 Å². The smallest absolute Gasteiger partial charge is 0.229 e. The number of sulfone groups is 1. The van der Waals surface area contributed by atoms with E-state index in [2.05, 4.69) is 18.4 Å². The fraction of sp³-hybridized carbons (Fsp3) is 0.345. The van der Waals surface area contributed by atoms with E-state index >= 15 is 0 Å². The molecule has 2 aromatic carbocycles. The van der Waals surface area contributed by atoms with Crippen molar-refractivity contribution in [1.29, 1.82) is 0 Å². The van der Waals surface area contributed by atoms with Crippen LogP contribution in [0.15, 0.2) is 94.2 Å². The van der Waals surface area contributed by atoms with Gasteiger partial charge in [-0.25, -0.2) is 12.8 Å². The van der Waals surface area contributed by atoms with E-state index in [0.717, 1.165) is 29.8 Å². The van der Waals surface area contributed by atoms with Gasteiger partial charge in [0, 0.05) is 30.8 Å². The Balaban J connectivity index is 1.18. The van der Waals surface area contributed by atoms with Crippen LogP contribution < -0.4 is 10.4 Å². The van der Waals surface area contributed by atoms with Gasteiger partial charge in [-0.1, -0.05) is 25.1 Å². The van der Waals surface area contributed by atoms with Crippen LogP contribution in [-0.4, -0.2) is 37.6 Å². The normalized spacial score (nSPS) is 23.8. The molecule has 1 N–H and O–H groups in total. The van der Waals surface area contributed by atoms with Gasteiger partial charge in [0.2, 0.25) is 5.91 Å². The zero-order valence-electron chi connectivity index (χ0n) is 20.7. The van der Waals surface area contributed by atoms with E-state index in [1.165, 1.54) is 23.3 Å². The minimum absolute atomic E-state index is 0.0837. The highest BCUT2D eigenvalue weighted by Gasteiger charge is 2.43. The third-order valence-corrected chi connectivity index (χ3v) is 10.5. The van der Waals surface area contributed by atoms with E-state index in [1.807, 2.05) is 22.2 Å². The summed E-state index contributed by atoms with van der Waals surface area (Å²) < 4.78 is 39.5. The number of hydrogen-bond acceptors (Lipinski definition) is 5. The third kappa shape index (κ3) is 4.07. The third-order valence-electron chi connectivity index (χ3n) is 8.23. The SMILES string of the molecule is C[C@H]1C2=CNN(c3ccc(F)cc3)C2=CC2=C1[C@@H](C(=O)N1CCC(S(=O)(=O)c3ccccc3)CC1)CC2. The fourth-order valence-electron chi connectivity index (χ4n) is 6.26. The molecule has 1 saturated heterocycles. The molecule has 6 nitrogen and oxygen atoms in total. The molecule has 1 amide bonds. The number of hydrazine groups is 1. The standard InChI is InChI=1S/C29H30FN3O3S/c1-19-26-18-31-33(22-10-8-21(30)9-11-22)27(26)17-20-7-12-25(28(19)20)29(34)32-15-13-24(14-16-32)37(35,36)23-5-3-2-4-6-23/h2-6,8-11,17-19,24-25,31H,7,12-16H2,1H3/t19-,25-/m0/s1. The lowest BCUT2D eigenvalue weighted by Gasteiger charge is -2.35. The lowest BCUT2D eigenvalue weighted by Crippen LogP contribution is -2.45. The minimum atomic E-state index is -3.39. The molecule has 192 valence electrons. The first kappa shape index (κ1) is 24.0. The van der Waals surface area contributed by atoms with Crippen LogP contribution in [0.25, 0.3) is 0 Å². The van der Waals surface area contributed by atoms with Crippen molar-refractivity contribution in [3.63, 3.8) is 0 Å². The van der Waals surface area contributed by atoms with E-state index < -0.39 is 15.1 Å². The molecule has 0 saturated carbocycles. The van der Waals surface area contributed by atoms with Crippen molar-refractivity contribution in [2.75, 3.05) is 18.1 Å². The van der Waals surface area contributed by atoms with Crippen LogP contribution in [0.3, 0.4) is 0 Å². The van der Waals surface area contributed by atoms with Crippen LogP contribution in [0.4, 0.5) is 10.1 Å². The first-order valence-corrected chi connectivity index (χ1v) is 14.4. The van der Waals surface area contributed by atoms with Crippen LogP contribution in [0.1, 0.15) is 32.6 Å². The van der Waals surface area contributed by atoms with Crippen LogP contribution in [0.5, 0.6) is 0 Å². The summed E-state index contributed by atoms with van der Waals surface area (Å²) >= 11 is 0. The monoisotopic (exact) mass is 519 g/mol. The maximum absolute atomic E-state index is 13.7. The van der Waals surface area contributed by atoms with E-state index in [0.29, 0.717) is 30.8 Å². The van der Waals surface area contributed by atoms with Crippen molar-refractivity contribution in [2.45, 2.75) is 42.8 Å². The van der Waals surface area contributed by atoms with Crippen molar-refractivity contribution < 1.29 is 17.6 Å². The molecule has 6 rings (SSSR count). The molecule has 0 spiro atoms. The molecule has 8 heteroatoms. The first-order valence-electron chi connectivity index (χ1n) is 12.9. The van der Waals surface area contributed by atoms with Gasteiger partial charge in [-0.05, 0) is 79.3 Å². The Labute approximate surface area is 217 Å². The lowest BCUT2D eigenvalue weighted by atomic mass is 9.80. The van der Waals surface area contributed by atoms with Crippen molar-refractivity contribution in [3.05, 3.63) is 95.1 Å². The highest BCUT2D eigenvalue weighted by atomic mass is 32.2. The molecule has 1 fully saturated rings. The summed E-state index contributed by atoms with van der Waals surface area (Å²) in [5.74, 6) is -0.247. The van der Waals surface area contributed by atoms with Crippen molar-refractivity contribution in [1.82, 2.24) is 10.3 Å². The molecule has 2 heterocycles. The Bertz CT molecular complexity index is 1420. The second kappa shape index (κ2) is 9.17. The number of fused-ring (bicyclic) bond motifs is 1. The second-order valence-electron chi connectivity index (χ2n) is 10.2. The number of hydrogen-bond donors (Lipinski definition) is 1. The van der Waals surface area contributed by atoms with E-state index in [-0.39, 0.29) is 23.6 Å². The quantitative estimate of drug-likeness (QED) is 0.632. The van der Waals surface area contributed by atoms with E-state index in [9.17, 15) is 17.6 Å². The number of benzene rings is 2. The largest absolute Gasteiger partial charge is 0.342 e. The summed E-state index contributed by atoms with van der Waals surface area (Å²) in [7, 11) is -3.39. The predicted molar refractivity (Wildman–Crippen MR) is 140 cm³/mol. The molecule has 2 aliphatic carbocycles. The summed E-state index contributed by atoms with van der Waals surface area (Å²) in [5.41, 5.74) is 8.70. The first-order chi connectivity index (χ1) is 17.8. The van der Waals surface area contributed by atoms with Gasteiger partial charge >= 0.3 is 0 Å². The fourth-order valence-corrected chi connectivity index (χ4v) is 8.02. The van der Waals surface area contributed by atoms with Gasteiger partial charge in [-0.2, -0.15) is 0 Å². The number of nitrogens with one attached hydrogen (secondary N) is 1. The van der Waals surface area contributed by atoms with Gasteiger partial charge < -0.3 is 10.3 Å². The van der Waals surface area contributed by atoms with Crippen molar-refractivity contribution in [2.24, 2.45) is 11.8 Å². The number of nitrogens with zero attached hydrogens (tertiary/aromatic N) is 2. The van der Waals surface area contributed by atoms with Crippen molar-refractivity contribution >= 4 is 21.4 Å². The van der Waals surface area contributed by atoms with Gasteiger partial charge in [0.25, 0.3) is 0 Å². The molecular weight excluding hydrogens is 489 g/mol. The van der Waals surface area contributed by atoms with Gasteiger partial charge in [-0.3, -0.25) is 9.80 Å². The number of piperidine rings is 1. The van der Waals surface area contributed by atoms with E-state index in [1.54, 1.807) is 36.4 Å². The summed E-state index contributed by atoms with van der Waals surface area (Å²) in [5, 5.41) is 1.51. The van der Waals surface area contributed by atoms with Gasteiger partial charge in [0.05, 0.1) is 27.4 Å². The number of carbonyl (C=O) groups is 1. The second-order valence-corrected chi connectivity index (χ2v) is 12.5. The molecule has 0 radical (unpaired) electrons. The molecule has 2 aliphatic heterocycles. The maximum atomic E-state index is 13.7. The Morgan fingerprint density at radius 1 is 1.00 bits per heavy atom. The zero-order valence-corrected chi connectivity index (χ0v) is 21.5. The number of rotatable bonds is 4. The average Bonchev–Trinajstić information content (AvgIpc) is 3.55. The number of amides is 1. The number of allylic oxidation sites excluding steroid dienone is 3. The zero-order chi connectivity index (χ0) is 25.7. The van der Waals surface area contributed by atoms with Crippen LogP contribution in [0.2, 0.25) is 0 Å². The maximum Gasteiger partial charge on any atom is 0.229 e. The number of halogens is 1. The summed E-state index contributed by atoms with van der Waals surface area (Å²) in [6.45, 7) is 3.08. The molecule has 37 heavy (non-hydrogen) atoms. The highest BCUT2D eigenvalue weighted by molar-refractivity contribution is 7.92. The van der Waals surface area contributed by atoms with Gasteiger partial charge in [0.1, 0.15) is 5.82 Å². The molecule has 0 unspecified atom stereocenters. The summed E-state index contributed by atoms with van der Waals surface area (Å²) in [4.78, 5) is 15.9. The molecule has 0 aromatic heterocycles. The highest BCUT2D eigenvalue weighted by Crippen LogP contribution is 2.48. The molecule has 0 bridgehead atoms.